The molecule has 0 fully saturated rings. The second kappa shape index (κ2) is 11.3. The molecule has 7 heteroatoms. The molecule has 0 bridgehead atoms. The van der Waals surface area contributed by atoms with Gasteiger partial charge in [-0.25, -0.2) is 4.79 Å². The van der Waals surface area contributed by atoms with Crippen molar-refractivity contribution in [2.45, 2.75) is 51.9 Å². The van der Waals surface area contributed by atoms with Crippen molar-refractivity contribution in [1.82, 2.24) is 5.32 Å². The molecular formula is C23H30N2O3S2. The lowest BCUT2D eigenvalue weighted by Crippen LogP contribution is -2.30. The van der Waals surface area contributed by atoms with Gasteiger partial charge >= 0.3 is 5.97 Å². The van der Waals surface area contributed by atoms with E-state index in [2.05, 4.69) is 22.8 Å². The molecule has 162 valence electrons. The molecule has 0 radical (unpaired) electrons. The van der Waals surface area contributed by atoms with E-state index >= 15 is 0 Å². The Morgan fingerprint density at radius 2 is 1.87 bits per heavy atom. The molecule has 0 saturated carbocycles. The number of hydrogen-bond donors (Lipinski definition) is 2. The number of nitrogens with one attached hydrogen (secondary N) is 2. The normalized spacial score (nSPS) is 13.5. The number of thiocarbonyl (C=S) groups is 1. The smallest absolute Gasteiger partial charge is 0.341 e. The highest BCUT2D eigenvalue weighted by Crippen LogP contribution is 2.37. The SMILES string of the molecule is CCOC(=O)c1c(NC(=S)NCCc2ccc(OC)cc2)sc2c1CCCCCC2. The molecule has 3 rings (SSSR count). The van der Waals surface area contributed by atoms with E-state index < -0.39 is 0 Å². The van der Waals surface area contributed by atoms with E-state index in [1.165, 1.54) is 29.7 Å². The summed E-state index contributed by atoms with van der Waals surface area (Å²) in [7, 11) is 1.66. The highest BCUT2D eigenvalue weighted by molar-refractivity contribution is 7.80. The number of esters is 1. The summed E-state index contributed by atoms with van der Waals surface area (Å²) < 4.78 is 10.6. The minimum absolute atomic E-state index is 0.251. The van der Waals surface area contributed by atoms with Crippen LogP contribution < -0.4 is 15.4 Å². The van der Waals surface area contributed by atoms with Crippen molar-refractivity contribution in [1.29, 1.82) is 0 Å². The van der Waals surface area contributed by atoms with E-state index in [0.717, 1.165) is 42.0 Å². The molecule has 0 unspecified atom stereocenters. The lowest BCUT2D eigenvalue weighted by Gasteiger charge is -2.12. The molecule has 2 N–H and O–H groups in total. The molecule has 0 saturated heterocycles. The highest BCUT2D eigenvalue weighted by atomic mass is 32.1. The third-order valence-corrected chi connectivity index (χ3v) is 6.69. The molecule has 30 heavy (non-hydrogen) atoms. The number of aryl methyl sites for hydroxylation is 1. The highest BCUT2D eigenvalue weighted by Gasteiger charge is 2.25. The van der Waals surface area contributed by atoms with Gasteiger partial charge in [0.05, 0.1) is 19.3 Å². The first kappa shape index (κ1) is 22.6. The van der Waals surface area contributed by atoms with Crippen molar-refractivity contribution < 1.29 is 14.3 Å². The predicted molar refractivity (Wildman–Crippen MR) is 127 cm³/mol. The minimum atomic E-state index is -0.251. The van der Waals surface area contributed by atoms with Crippen molar-refractivity contribution >= 4 is 39.6 Å². The second-order valence-corrected chi connectivity index (χ2v) is 8.83. The van der Waals surface area contributed by atoms with E-state index in [4.69, 9.17) is 21.7 Å². The third-order valence-electron chi connectivity index (χ3n) is 5.24. The molecule has 0 atom stereocenters. The van der Waals surface area contributed by atoms with Gasteiger partial charge in [0.15, 0.2) is 5.11 Å². The first-order chi connectivity index (χ1) is 14.6. The monoisotopic (exact) mass is 446 g/mol. The second-order valence-electron chi connectivity index (χ2n) is 7.32. The van der Waals surface area contributed by atoms with Crippen LogP contribution in [0.2, 0.25) is 0 Å². The van der Waals surface area contributed by atoms with Crippen LogP contribution in [0.15, 0.2) is 24.3 Å². The van der Waals surface area contributed by atoms with Gasteiger partial charge in [-0.1, -0.05) is 25.0 Å². The Bertz CT molecular complexity index is 862. The molecule has 1 aliphatic rings. The zero-order valence-corrected chi connectivity index (χ0v) is 19.3. The maximum Gasteiger partial charge on any atom is 0.341 e. The fourth-order valence-electron chi connectivity index (χ4n) is 3.69. The van der Waals surface area contributed by atoms with Crippen LogP contribution in [-0.4, -0.2) is 31.3 Å². The molecular weight excluding hydrogens is 416 g/mol. The van der Waals surface area contributed by atoms with Crippen LogP contribution in [0.3, 0.4) is 0 Å². The van der Waals surface area contributed by atoms with Crippen LogP contribution in [0, 0.1) is 0 Å². The van der Waals surface area contributed by atoms with Crippen LogP contribution >= 0.6 is 23.6 Å². The predicted octanol–water partition coefficient (Wildman–Crippen LogP) is 5.12. The number of hydrogen-bond acceptors (Lipinski definition) is 5. The largest absolute Gasteiger partial charge is 0.497 e. The Labute approximate surface area is 188 Å². The number of anilines is 1. The molecule has 1 aliphatic carbocycles. The molecule has 0 amide bonds. The molecule has 5 nitrogen and oxygen atoms in total. The Morgan fingerprint density at radius 3 is 2.57 bits per heavy atom. The van der Waals surface area contributed by atoms with E-state index in [1.54, 1.807) is 18.4 Å². The summed E-state index contributed by atoms with van der Waals surface area (Å²) in [4.78, 5) is 14.0. The summed E-state index contributed by atoms with van der Waals surface area (Å²) in [5, 5.41) is 7.86. The Kier molecular flexibility index (Phi) is 8.51. The number of fused-ring (bicyclic) bond motifs is 1. The summed E-state index contributed by atoms with van der Waals surface area (Å²) >= 11 is 7.16. The van der Waals surface area contributed by atoms with Crippen LogP contribution in [0.5, 0.6) is 5.75 Å². The quantitative estimate of drug-likeness (QED) is 0.455. The summed E-state index contributed by atoms with van der Waals surface area (Å²) in [6.07, 6.45) is 7.54. The Balaban J connectivity index is 1.65. The molecule has 0 spiro atoms. The summed E-state index contributed by atoms with van der Waals surface area (Å²) in [5.74, 6) is 0.600. The van der Waals surface area contributed by atoms with Gasteiger partial charge in [0.2, 0.25) is 0 Å². The first-order valence-corrected chi connectivity index (χ1v) is 11.8. The Morgan fingerprint density at radius 1 is 1.13 bits per heavy atom. The average Bonchev–Trinajstić information content (AvgIpc) is 3.04. The van der Waals surface area contributed by atoms with Crippen LogP contribution in [0.4, 0.5) is 5.00 Å². The lowest BCUT2D eigenvalue weighted by atomic mass is 9.96. The first-order valence-electron chi connectivity index (χ1n) is 10.6. The van der Waals surface area contributed by atoms with Crippen molar-refractivity contribution in [3.8, 4) is 5.75 Å². The molecule has 1 aromatic heterocycles. The summed E-state index contributed by atoms with van der Waals surface area (Å²) in [5.41, 5.74) is 3.04. The van der Waals surface area contributed by atoms with Crippen LogP contribution in [0.25, 0.3) is 0 Å². The van der Waals surface area contributed by atoms with E-state index in [9.17, 15) is 4.79 Å². The number of carbonyl (C=O) groups excluding carboxylic acids is 1. The fourth-order valence-corrected chi connectivity index (χ4v) is 5.24. The standard InChI is InChI=1S/C23H30N2O3S2/c1-3-28-22(26)20-18-8-6-4-5-7-9-19(18)30-21(20)25-23(29)24-15-14-16-10-12-17(27-2)13-11-16/h10-13H,3-9,14-15H2,1-2H3,(H2,24,25,29). The summed E-state index contributed by atoms with van der Waals surface area (Å²) in [6, 6.07) is 8.02. The number of carbonyl (C=O) groups is 1. The van der Waals surface area contributed by atoms with Crippen molar-refractivity contribution in [3.63, 3.8) is 0 Å². The van der Waals surface area contributed by atoms with Crippen LogP contribution in [-0.2, 0) is 24.0 Å². The van der Waals surface area contributed by atoms with E-state index in [1.807, 2.05) is 19.1 Å². The topological polar surface area (TPSA) is 59.6 Å². The van der Waals surface area contributed by atoms with Gasteiger partial charge < -0.3 is 20.1 Å². The van der Waals surface area contributed by atoms with Crippen molar-refractivity contribution in [3.05, 3.63) is 45.8 Å². The van der Waals surface area contributed by atoms with Crippen molar-refractivity contribution in [2.24, 2.45) is 0 Å². The number of rotatable bonds is 7. The van der Waals surface area contributed by atoms with Gasteiger partial charge in [-0.05, 0) is 74.5 Å². The fraction of sp³-hybridized carbons (Fsp3) is 0.478. The van der Waals surface area contributed by atoms with Crippen molar-refractivity contribution in [2.75, 3.05) is 25.6 Å². The van der Waals surface area contributed by atoms with Gasteiger partial charge in [0, 0.05) is 11.4 Å². The number of benzene rings is 1. The summed E-state index contributed by atoms with van der Waals surface area (Å²) in [6.45, 7) is 2.91. The van der Waals surface area contributed by atoms with Gasteiger partial charge in [-0.3, -0.25) is 0 Å². The zero-order chi connectivity index (χ0) is 21.3. The van der Waals surface area contributed by atoms with E-state index in [0.29, 0.717) is 23.8 Å². The maximum absolute atomic E-state index is 12.7. The molecule has 1 aromatic carbocycles. The molecule has 1 heterocycles. The number of thiophene rings is 1. The number of methoxy groups -OCH3 is 1. The van der Waals surface area contributed by atoms with Gasteiger partial charge in [-0.2, -0.15) is 0 Å². The minimum Gasteiger partial charge on any atom is -0.497 e. The number of ether oxygens (including phenoxy) is 2. The van der Waals surface area contributed by atoms with E-state index in [-0.39, 0.29) is 5.97 Å². The van der Waals surface area contributed by atoms with Gasteiger partial charge in [0.25, 0.3) is 0 Å². The Hall–Kier alpha value is -2.12. The van der Waals surface area contributed by atoms with Gasteiger partial charge in [0.1, 0.15) is 10.8 Å². The lowest BCUT2D eigenvalue weighted by molar-refractivity contribution is 0.0526. The maximum atomic E-state index is 12.7. The van der Waals surface area contributed by atoms with Crippen LogP contribution in [0.1, 0.15) is 59.0 Å². The third kappa shape index (κ3) is 5.95. The molecule has 2 aromatic rings. The van der Waals surface area contributed by atoms with Gasteiger partial charge in [-0.15, -0.1) is 11.3 Å². The average molecular weight is 447 g/mol. The zero-order valence-electron chi connectivity index (χ0n) is 17.7. The molecule has 0 aliphatic heterocycles.